The lowest BCUT2D eigenvalue weighted by molar-refractivity contribution is 0.283. The minimum absolute atomic E-state index is 0.00249. The minimum atomic E-state index is -0.00249. The first kappa shape index (κ1) is 14.0. The maximum Gasteiger partial charge on any atom is 0.170 e. The summed E-state index contributed by atoms with van der Waals surface area (Å²) < 4.78 is 5.50. The lowest BCUT2D eigenvalue weighted by Gasteiger charge is -2.26. The van der Waals surface area contributed by atoms with Gasteiger partial charge in [-0.05, 0) is 48.6 Å². The molecule has 5 nitrogen and oxygen atoms in total. The predicted molar refractivity (Wildman–Crippen MR) is 90.5 cm³/mol. The van der Waals surface area contributed by atoms with E-state index < -0.39 is 0 Å². The van der Waals surface area contributed by atoms with Gasteiger partial charge in [0.25, 0.3) is 0 Å². The fourth-order valence-electron chi connectivity index (χ4n) is 3.01. The molecule has 116 valence electrons. The summed E-state index contributed by atoms with van der Waals surface area (Å²) >= 11 is 5.57. The van der Waals surface area contributed by atoms with Crippen LogP contribution < -0.4 is 5.32 Å². The summed E-state index contributed by atoms with van der Waals surface area (Å²) in [5, 5.41) is 4.11. The number of furan rings is 1. The van der Waals surface area contributed by atoms with E-state index in [0.717, 1.165) is 17.1 Å². The highest BCUT2D eigenvalue weighted by molar-refractivity contribution is 7.80. The van der Waals surface area contributed by atoms with Crippen molar-refractivity contribution in [3.8, 4) is 0 Å². The Kier molecular flexibility index (Phi) is 3.59. The number of nitrogens with zero attached hydrogens (tertiary/aromatic N) is 2. The zero-order valence-electron chi connectivity index (χ0n) is 12.3. The van der Waals surface area contributed by atoms with Crippen LogP contribution in [-0.4, -0.2) is 20.0 Å². The third-order valence-electron chi connectivity index (χ3n) is 4.04. The van der Waals surface area contributed by atoms with Crippen molar-refractivity contribution in [2.75, 3.05) is 0 Å². The van der Waals surface area contributed by atoms with Crippen LogP contribution in [0.5, 0.6) is 0 Å². The summed E-state index contributed by atoms with van der Waals surface area (Å²) in [7, 11) is 0. The summed E-state index contributed by atoms with van der Waals surface area (Å²) in [6, 6.07) is 13.9. The highest BCUT2D eigenvalue weighted by atomic mass is 32.1. The lowest BCUT2D eigenvalue weighted by Crippen LogP contribution is -2.29. The van der Waals surface area contributed by atoms with Crippen molar-refractivity contribution in [1.82, 2.24) is 20.2 Å². The molecular formula is C17H16N4OS. The Morgan fingerprint density at radius 2 is 2.13 bits per heavy atom. The van der Waals surface area contributed by atoms with Crippen LogP contribution in [0.15, 0.2) is 65.5 Å². The second kappa shape index (κ2) is 5.89. The zero-order valence-corrected chi connectivity index (χ0v) is 13.2. The first-order valence-corrected chi connectivity index (χ1v) is 7.87. The molecule has 0 unspecified atom stereocenters. The maximum atomic E-state index is 5.57. The number of hydrogen-bond acceptors (Lipinski definition) is 3. The quantitative estimate of drug-likeness (QED) is 0.722. The Morgan fingerprint density at radius 3 is 2.83 bits per heavy atom. The summed E-state index contributed by atoms with van der Waals surface area (Å²) in [5.41, 5.74) is 2.07. The second-order valence-electron chi connectivity index (χ2n) is 5.46. The summed E-state index contributed by atoms with van der Waals surface area (Å²) in [6.07, 6.45) is 5.42. The normalized spacial score (nSPS) is 20.7. The first-order valence-electron chi connectivity index (χ1n) is 7.46. The molecule has 3 aromatic rings. The van der Waals surface area contributed by atoms with E-state index in [2.05, 4.69) is 26.3 Å². The Balaban J connectivity index is 1.71. The van der Waals surface area contributed by atoms with Crippen molar-refractivity contribution in [2.45, 2.75) is 18.6 Å². The van der Waals surface area contributed by atoms with Crippen molar-refractivity contribution < 1.29 is 4.42 Å². The highest BCUT2D eigenvalue weighted by Crippen LogP contribution is 2.38. The van der Waals surface area contributed by atoms with E-state index in [1.54, 1.807) is 12.5 Å². The van der Waals surface area contributed by atoms with Crippen molar-refractivity contribution >= 4 is 17.3 Å². The van der Waals surface area contributed by atoms with Gasteiger partial charge in [0.05, 0.1) is 30.6 Å². The molecule has 2 atom stereocenters. The Bertz CT molecular complexity index is 770. The van der Waals surface area contributed by atoms with Crippen molar-refractivity contribution in [2.24, 2.45) is 0 Å². The van der Waals surface area contributed by atoms with Gasteiger partial charge >= 0.3 is 0 Å². The molecule has 23 heavy (non-hydrogen) atoms. The molecule has 6 heteroatoms. The van der Waals surface area contributed by atoms with Crippen LogP contribution in [0.3, 0.4) is 0 Å². The molecule has 0 radical (unpaired) electrons. The number of H-pyrrole nitrogens is 1. The third-order valence-corrected chi connectivity index (χ3v) is 4.40. The number of hydrogen-bond donors (Lipinski definition) is 2. The van der Waals surface area contributed by atoms with Crippen LogP contribution in [0.2, 0.25) is 0 Å². The number of rotatable bonds is 4. The molecule has 4 heterocycles. The average Bonchev–Trinajstić information content (AvgIpc) is 3.31. The molecule has 1 aliphatic rings. The smallest absolute Gasteiger partial charge is 0.170 e. The van der Waals surface area contributed by atoms with Crippen LogP contribution in [-0.2, 0) is 6.54 Å². The van der Waals surface area contributed by atoms with Crippen LogP contribution in [0.25, 0.3) is 0 Å². The number of aromatic amines is 1. The molecule has 0 aliphatic carbocycles. The molecule has 0 saturated carbocycles. The molecule has 0 amide bonds. The zero-order chi connectivity index (χ0) is 15.6. The van der Waals surface area contributed by atoms with Gasteiger partial charge in [0.15, 0.2) is 5.11 Å². The van der Waals surface area contributed by atoms with Gasteiger partial charge in [0.2, 0.25) is 0 Å². The van der Waals surface area contributed by atoms with E-state index in [1.165, 1.54) is 0 Å². The fourth-order valence-corrected chi connectivity index (χ4v) is 3.32. The van der Waals surface area contributed by atoms with E-state index in [9.17, 15) is 0 Å². The number of nitrogens with one attached hydrogen (secondary N) is 2. The molecule has 3 aromatic heterocycles. The number of aromatic nitrogens is 2. The predicted octanol–water partition coefficient (Wildman–Crippen LogP) is 3.18. The third kappa shape index (κ3) is 2.61. The molecule has 0 aromatic carbocycles. The molecule has 2 N–H and O–H groups in total. The van der Waals surface area contributed by atoms with Crippen molar-refractivity contribution in [3.63, 3.8) is 0 Å². The summed E-state index contributed by atoms with van der Waals surface area (Å²) in [4.78, 5) is 9.95. The van der Waals surface area contributed by atoms with E-state index in [0.29, 0.717) is 11.7 Å². The monoisotopic (exact) mass is 324 g/mol. The Morgan fingerprint density at radius 1 is 1.17 bits per heavy atom. The van der Waals surface area contributed by atoms with Crippen LogP contribution in [0, 0.1) is 0 Å². The highest BCUT2D eigenvalue weighted by Gasteiger charge is 2.40. The topological polar surface area (TPSA) is 57.1 Å². The number of thiocarbonyl (C=S) groups is 1. The largest absolute Gasteiger partial charge is 0.467 e. The minimum Gasteiger partial charge on any atom is -0.467 e. The van der Waals surface area contributed by atoms with E-state index in [4.69, 9.17) is 16.6 Å². The molecule has 1 saturated heterocycles. The van der Waals surface area contributed by atoms with Gasteiger partial charge in [-0.2, -0.15) is 0 Å². The molecule has 0 spiro atoms. The maximum absolute atomic E-state index is 5.57. The van der Waals surface area contributed by atoms with E-state index in [-0.39, 0.29) is 12.1 Å². The molecular weight excluding hydrogens is 308 g/mol. The van der Waals surface area contributed by atoms with Crippen molar-refractivity contribution in [1.29, 1.82) is 0 Å². The van der Waals surface area contributed by atoms with Crippen molar-refractivity contribution in [3.05, 3.63) is 78.3 Å². The molecule has 4 rings (SSSR count). The Labute approximate surface area is 139 Å². The van der Waals surface area contributed by atoms with E-state index >= 15 is 0 Å². The van der Waals surface area contributed by atoms with Gasteiger partial charge in [-0.3, -0.25) is 4.98 Å². The van der Waals surface area contributed by atoms with Crippen LogP contribution in [0.1, 0.15) is 29.2 Å². The Hall–Kier alpha value is -2.60. The summed E-state index contributed by atoms with van der Waals surface area (Å²) in [6.45, 7) is 0.617. The van der Waals surface area contributed by atoms with Gasteiger partial charge in [-0.25, -0.2) is 0 Å². The first-order chi connectivity index (χ1) is 11.3. The van der Waals surface area contributed by atoms with Gasteiger partial charge < -0.3 is 19.6 Å². The SMILES string of the molecule is S=C1N[C@H](c2ccccn2)[C@@H](c2ccc[nH]2)N1Cc1ccco1. The average molecular weight is 324 g/mol. The van der Waals surface area contributed by atoms with Gasteiger partial charge in [0, 0.05) is 18.1 Å². The number of pyridine rings is 1. The molecule has 1 aliphatic heterocycles. The molecule has 0 bridgehead atoms. The second-order valence-corrected chi connectivity index (χ2v) is 5.85. The van der Waals surface area contributed by atoms with Gasteiger partial charge in [-0.15, -0.1) is 0 Å². The van der Waals surface area contributed by atoms with Gasteiger partial charge in [0.1, 0.15) is 5.76 Å². The molecule has 1 fully saturated rings. The lowest BCUT2D eigenvalue weighted by atomic mass is 10.0. The summed E-state index contributed by atoms with van der Waals surface area (Å²) in [5.74, 6) is 0.882. The van der Waals surface area contributed by atoms with Crippen LogP contribution >= 0.6 is 12.2 Å². The standard InChI is InChI=1S/C17H16N4OS/c23-17-20-15(13-6-1-2-8-18-13)16(14-7-3-9-19-14)21(17)11-12-5-4-10-22-12/h1-10,15-16,19H,11H2,(H,20,23)/t15-,16-/m1/s1. The fraction of sp³-hybridized carbons (Fsp3) is 0.176. The van der Waals surface area contributed by atoms with Gasteiger partial charge in [-0.1, -0.05) is 6.07 Å². The van der Waals surface area contributed by atoms with Crippen LogP contribution in [0.4, 0.5) is 0 Å². The van der Waals surface area contributed by atoms with E-state index in [1.807, 2.05) is 42.6 Å².